The minimum absolute atomic E-state index is 0.00196. The molecule has 2 aromatic rings. The summed E-state index contributed by atoms with van der Waals surface area (Å²) in [6, 6.07) is 6.71. The summed E-state index contributed by atoms with van der Waals surface area (Å²) in [5.41, 5.74) is 1.20. The molecule has 0 radical (unpaired) electrons. The first-order valence-corrected chi connectivity index (χ1v) is 9.38. The minimum atomic E-state index is -0.430. The van der Waals surface area contributed by atoms with Gasteiger partial charge in [-0.25, -0.2) is 9.78 Å². The van der Waals surface area contributed by atoms with Gasteiger partial charge in [0.05, 0.1) is 18.5 Å². The first-order valence-electron chi connectivity index (χ1n) is 8.56. The van der Waals surface area contributed by atoms with Crippen molar-refractivity contribution in [3.8, 4) is 5.75 Å². The second-order valence-corrected chi connectivity index (χ2v) is 7.06. The SMILES string of the molecule is COc1ccccc1NC(=O)Nc1nc(C)c(C(=O)N2CCCCC2)s1. The number of benzene rings is 1. The number of hydrogen-bond donors (Lipinski definition) is 2. The zero-order valence-corrected chi connectivity index (χ0v) is 15.7. The van der Waals surface area contributed by atoms with Gasteiger partial charge >= 0.3 is 6.03 Å². The van der Waals surface area contributed by atoms with Gasteiger partial charge in [0, 0.05) is 13.1 Å². The van der Waals surface area contributed by atoms with Crippen molar-refractivity contribution in [3.05, 3.63) is 34.8 Å². The average molecular weight is 374 g/mol. The maximum Gasteiger partial charge on any atom is 0.325 e. The average Bonchev–Trinajstić information content (AvgIpc) is 3.02. The van der Waals surface area contributed by atoms with Gasteiger partial charge in [-0.3, -0.25) is 10.1 Å². The number of aryl methyl sites for hydroxylation is 1. The van der Waals surface area contributed by atoms with Crippen molar-refractivity contribution < 1.29 is 14.3 Å². The van der Waals surface area contributed by atoms with E-state index in [4.69, 9.17) is 4.74 Å². The fraction of sp³-hybridized carbons (Fsp3) is 0.389. The molecule has 0 atom stereocenters. The maximum atomic E-state index is 12.6. The molecule has 0 saturated carbocycles. The molecule has 1 aliphatic rings. The second kappa shape index (κ2) is 8.18. The number of carbonyl (C=O) groups is 2. The van der Waals surface area contributed by atoms with Crippen LogP contribution >= 0.6 is 11.3 Å². The van der Waals surface area contributed by atoms with Crippen LogP contribution < -0.4 is 15.4 Å². The highest BCUT2D eigenvalue weighted by atomic mass is 32.1. The Balaban J connectivity index is 1.67. The van der Waals surface area contributed by atoms with E-state index in [1.165, 1.54) is 17.8 Å². The summed E-state index contributed by atoms with van der Waals surface area (Å²) in [6.45, 7) is 3.36. The Bertz CT molecular complexity index is 799. The summed E-state index contributed by atoms with van der Waals surface area (Å²) in [5.74, 6) is 0.567. The molecule has 1 saturated heterocycles. The Morgan fingerprint density at radius 3 is 2.62 bits per heavy atom. The van der Waals surface area contributed by atoms with Crippen molar-refractivity contribution in [2.24, 2.45) is 0 Å². The molecular weight excluding hydrogens is 352 g/mol. The molecule has 2 N–H and O–H groups in total. The van der Waals surface area contributed by atoms with Gasteiger partial charge in [0.1, 0.15) is 10.6 Å². The number of nitrogens with one attached hydrogen (secondary N) is 2. The highest BCUT2D eigenvalue weighted by molar-refractivity contribution is 7.17. The van der Waals surface area contributed by atoms with Crippen molar-refractivity contribution in [1.82, 2.24) is 9.88 Å². The third kappa shape index (κ3) is 4.13. The van der Waals surface area contributed by atoms with Gasteiger partial charge in [0.15, 0.2) is 5.13 Å². The number of ether oxygens (including phenoxy) is 1. The Hall–Kier alpha value is -2.61. The largest absolute Gasteiger partial charge is 0.495 e. The summed E-state index contributed by atoms with van der Waals surface area (Å²) in [7, 11) is 1.54. The van der Waals surface area contributed by atoms with Crippen LogP contribution in [0.5, 0.6) is 5.75 Å². The molecule has 0 bridgehead atoms. The van der Waals surface area contributed by atoms with E-state index >= 15 is 0 Å². The van der Waals surface area contributed by atoms with Crippen LogP contribution in [0.1, 0.15) is 34.6 Å². The van der Waals surface area contributed by atoms with E-state index < -0.39 is 6.03 Å². The summed E-state index contributed by atoms with van der Waals surface area (Å²) in [4.78, 5) is 31.6. The summed E-state index contributed by atoms with van der Waals surface area (Å²) in [6.07, 6.45) is 3.24. The van der Waals surface area contributed by atoms with Crippen LogP contribution in [0, 0.1) is 6.92 Å². The Kier molecular flexibility index (Phi) is 5.72. The Morgan fingerprint density at radius 2 is 1.88 bits per heavy atom. The van der Waals surface area contributed by atoms with Gasteiger partial charge in [0.25, 0.3) is 5.91 Å². The van der Waals surface area contributed by atoms with Crippen LogP contribution in [0.2, 0.25) is 0 Å². The third-order valence-corrected chi connectivity index (χ3v) is 5.27. The molecule has 0 unspecified atom stereocenters. The zero-order valence-electron chi connectivity index (χ0n) is 14.9. The molecule has 0 aliphatic carbocycles. The predicted molar refractivity (Wildman–Crippen MR) is 102 cm³/mol. The van der Waals surface area contributed by atoms with E-state index in [0.29, 0.717) is 27.1 Å². The van der Waals surface area contributed by atoms with Crippen LogP contribution in [0.15, 0.2) is 24.3 Å². The fourth-order valence-corrected chi connectivity index (χ4v) is 3.82. The molecule has 7 nitrogen and oxygen atoms in total. The van der Waals surface area contributed by atoms with Crippen molar-refractivity contribution in [2.75, 3.05) is 30.8 Å². The lowest BCUT2D eigenvalue weighted by atomic mass is 10.1. The summed E-state index contributed by atoms with van der Waals surface area (Å²) < 4.78 is 5.21. The maximum absolute atomic E-state index is 12.6. The Labute approximate surface area is 156 Å². The molecule has 3 amide bonds. The number of nitrogens with zero attached hydrogens (tertiary/aromatic N) is 2. The second-order valence-electron chi connectivity index (χ2n) is 6.07. The highest BCUT2D eigenvalue weighted by Gasteiger charge is 2.23. The van der Waals surface area contributed by atoms with Crippen LogP contribution in [0.3, 0.4) is 0 Å². The van der Waals surface area contributed by atoms with Crippen LogP contribution in [-0.2, 0) is 0 Å². The predicted octanol–water partition coefficient (Wildman–Crippen LogP) is 3.73. The molecular formula is C18H22N4O3S. The zero-order chi connectivity index (χ0) is 18.5. The number of hydrogen-bond acceptors (Lipinski definition) is 5. The molecule has 0 spiro atoms. The number of anilines is 2. The topological polar surface area (TPSA) is 83.6 Å². The van der Waals surface area contributed by atoms with Gasteiger partial charge in [-0.15, -0.1) is 0 Å². The van der Waals surface area contributed by atoms with Crippen molar-refractivity contribution >= 4 is 34.1 Å². The van der Waals surface area contributed by atoms with Crippen molar-refractivity contribution in [2.45, 2.75) is 26.2 Å². The first-order chi connectivity index (χ1) is 12.6. The van der Waals surface area contributed by atoms with Gasteiger partial charge < -0.3 is 15.0 Å². The molecule has 26 heavy (non-hydrogen) atoms. The molecule has 3 rings (SSSR count). The van der Waals surface area contributed by atoms with E-state index in [2.05, 4.69) is 15.6 Å². The van der Waals surface area contributed by atoms with Crippen molar-refractivity contribution in [3.63, 3.8) is 0 Å². The van der Waals surface area contributed by atoms with Crippen LogP contribution in [0.25, 0.3) is 0 Å². The molecule has 1 fully saturated rings. The van der Waals surface area contributed by atoms with Crippen molar-refractivity contribution in [1.29, 1.82) is 0 Å². The molecule has 1 aromatic heterocycles. The molecule has 138 valence electrons. The summed E-state index contributed by atoms with van der Waals surface area (Å²) in [5, 5.41) is 5.82. The van der Waals surface area contributed by atoms with Gasteiger partial charge in [-0.2, -0.15) is 0 Å². The number of methoxy groups -OCH3 is 1. The van der Waals surface area contributed by atoms with E-state index in [0.717, 1.165) is 25.9 Å². The lowest BCUT2D eigenvalue weighted by molar-refractivity contribution is 0.0728. The number of amides is 3. The number of likely N-dealkylation sites (tertiary alicyclic amines) is 1. The number of piperidine rings is 1. The molecule has 2 heterocycles. The van der Waals surface area contributed by atoms with E-state index in [9.17, 15) is 9.59 Å². The summed E-state index contributed by atoms with van der Waals surface area (Å²) >= 11 is 1.20. The Morgan fingerprint density at radius 1 is 1.15 bits per heavy atom. The molecule has 8 heteroatoms. The van der Waals surface area contributed by atoms with Gasteiger partial charge in [-0.05, 0) is 38.3 Å². The van der Waals surface area contributed by atoms with Gasteiger partial charge in [-0.1, -0.05) is 23.5 Å². The van der Waals surface area contributed by atoms with E-state index in [-0.39, 0.29) is 5.91 Å². The lowest BCUT2D eigenvalue weighted by Crippen LogP contribution is -2.35. The number of carbonyl (C=O) groups excluding carboxylic acids is 2. The molecule has 1 aromatic carbocycles. The number of rotatable bonds is 4. The monoisotopic (exact) mass is 374 g/mol. The third-order valence-electron chi connectivity index (χ3n) is 4.21. The smallest absolute Gasteiger partial charge is 0.325 e. The molecule has 1 aliphatic heterocycles. The lowest BCUT2D eigenvalue weighted by Gasteiger charge is -2.26. The standard InChI is InChI=1S/C18H22N4O3S/c1-12-15(16(23)22-10-6-3-7-11-22)26-18(19-12)21-17(24)20-13-8-4-5-9-14(13)25-2/h4-5,8-9H,3,6-7,10-11H2,1-2H3,(H2,19,20,21,24). The number of thiazole rings is 1. The minimum Gasteiger partial charge on any atom is -0.495 e. The fourth-order valence-electron chi connectivity index (χ4n) is 2.89. The van der Waals surface area contributed by atoms with E-state index in [1.807, 2.05) is 11.0 Å². The quantitative estimate of drug-likeness (QED) is 0.854. The van der Waals surface area contributed by atoms with Crippen LogP contribution in [-0.4, -0.2) is 42.0 Å². The normalized spacial score (nSPS) is 14.0. The van der Waals surface area contributed by atoms with Crippen LogP contribution in [0.4, 0.5) is 15.6 Å². The number of para-hydroxylation sites is 2. The highest BCUT2D eigenvalue weighted by Crippen LogP contribution is 2.27. The number of urea groups is 1. The van der Waals surface area contributed by atoms with Gasteiger partial charge in [0.2, 0.25) is 0 Å². The first kappa shape index (κ1) is 18.2. The number of aromatic nitrogens is 1. The van der Waals surface area contributed by atoms with E-state index in [1.54, 1.807) is 32.2 Å².